The van der Waals surface area contributed by atoms with Crippen LogP contribution in [-0.2, 0) is 9.53 Å². The van der Waals surface area contributed by atoms with Crippen molar-refractivity contribution in [3.8, 4) is 0 Å². The van der Waals surface area contributed by atoms with Crippen LogP contribution >= 0.6 is 0 Å². The maximum Gasteiger partial charge on any atom is 0.338 e. The molecule has 6 nitrogen and oxygen atoms in total. The van der Waals surface area contributed by atoms with E-state index in [0.717, 1.165) is 6.92 Å². The van der Waals surface area contributed by atoms with Crippen molar-refractivity contribution in [2.24, 2.45) is 0 Å². The lowest BCUT2D eigenvalue weighted by atomic mass is 10.1. The smallest absolute Gasteiger partial charge is 0.338 e. The molecule has 3 unspecified atom stereocenters. The molecule has 1 rings (SSSR count). The number of carbonyl (C=O) groups excluding carboxylic acids is 2. The summed E-state index contributed by atoms with van der Waals surface area (Å²) < 4.78 is 4.77. The first-order valence-electron chi connectivity index (χ1n) is 5.70. The summed E-state index contributed by atoms with van der Waals surface area (Å²) in [6, 6.07) is 8.12. The summed E-state index contributed by atoms with van der Waals surface area (Å²) in [5.74, 6) is -1.34. The van der Waals surface area contributed by atoms with E-state index in [9.17, 15) is 24.9 Å². The van der Waals surface area contributed by atoms with Crippen molar-refractivity contribution in [3.05, 3.63) is 35.9 Å². The SMILES string of the molecule is CC(=O)C(O)C(O)C(O)COC(=O)c1ccccc1. The molecule has 0 aliphatic rings. The molecule has 0 aliphatic carbocycles. The van der Waals surface area contributed by atoms with Crippen LogP contribution in [0.15, 0.2) is 30.3 Å². The number of Topliss-reactive ketones (excluding diaryl/α,β-unsaturated/α-hetero) is 1. The fourth-order valence-corrected chi connectivity index (χ4v) is 1.37. The lowest BCUT2D eigenvalue weighted by molar-refractivity contribution is -0.138. The summed E-state index contributed by atoms with van der Waals surface area (Å²) in [6.45, 7) is 0.565. The molecule has 0 saturated heterocycles. The molecule has 3 N–H and O–H groups in total. The Balaban J connectivity index is 2.48. The Morgan fingerprint density at radius 3 is 2.26 bits per heavy atom. The Bertz CT molecular complexity index is 430. The first kappa shape index (κ1) is 15.3. The molecule has 3 atom stereocenters. The number of aliphatic hydroxyl groups excluding tert-OH is 3. The third kappa shape index (κ3) is 4.44. The highest BCUT2D eigenvalue weighted by atomic mass is 16.5. The summed E-state index contributed by atoms with van der Waals surface area (Å²) >= 11 is 0. The topological polar surface area (TPSA) is 104 Å². The zero-order valence-corrected chi connectivity index (χ0v) is 10.4. The Kier molecular flexibility index (Phi) is 5.62. The van der Waals surface area contributed by atoms with Gasteiger partial charge < -0.3 is 20.1 Å². The second-order valence-corrected chi connectivity index (χ2v) is 4.08. The maximum atomic E-state index is 11.5. The largest absolute Gasteiger partial charge is 0.459 e. The summed E-state index contributed by atoms with van der Waals surface area (Å²) in [5.41, 5.74) is 0.302. The first-order chi connectivity index (χ1) is 8.93. The van der Waals surface area contributed by atoms with Gasteiger partial charge in [0.15, 0.2) is 5.78 Å². The molecule has 0 bridgehead atoms. The van der Waals surface area contributed by atoms with Gasteiger partial charge in [-0.15, -0.1) is 0 Å². The van der Waals surface area contributed by atoms with Gasteiger partial charge in [-0.1, -0.05) is 18.2 Å². The third-order valence-electron chi connectivity index (χ3n) is 2.53. The highest BCUT2D eigenvalue weighted by Crippen LogP contribution is 2.05. The van der Waals surface area contributed by atoms with E-state index in [4.69, 9.17) is 4.74 Å². The van der Waals surface area contributed by atoms with E-state index < -0.39 is 36.7 Å². The van der Waals surface area contributed by atoms with Gasteiger partial charge in [-0.2, -0.15) is 0 Å². The van der Waals surface area contributed by atoms with Crippen molar-refractivity contribution in [2.45, 2.75) is 25.2 Å². The number of hydrogen-bond acceptors (Lipinski definition) is 6. The van der Waals surface area contributed by atoms with E-state index in [1.165, 1.54) is 12.1 Å². The number of aliphatic hydroxyl groups is 3. The highest BCUT2D eigenvalue weighted by molar-refractivity contribution is 5.89. The predicted molar refractivity (Wildman–Crippen MR) is 65.4 cm³/mol. The third-order valence-corrected chi connectivity index (χ3v) is 2.53. The summed E-state index contributed by atoms with van der Waals surface area (Å²) in [4.78, 5) is 22.4. The molecule has 0 spiro atoms. The van der Waals surface area contributed by atoms with Crippen LogP contribution in [0.4, 0.5) is 0 Å². The second kappa shape index (κ2) is 6.98. The molecule has 0 aliphatic heterocycles. The molecule has 1 aromatic rings. The van der Waals surface area contributed by atoms with Crippen LogP contribution in [0.25, 0.3) is 0 Å². The molecule has 6 heteroatoms. The zero-order chi connectivity index (χ0) is 14.4. The Labute approximate surface area is 110 Å². The van der Waals surface area contributed by atoms with Crippen molar-refractivity contribution < 1.29 is 29.6 Å². The zero-order valence-electron chi connectivity index (χ0n) is 10.4. The van der Waals surface area contributed by atoms with Crippen LogP contribution in [0.2, 0.25) is 0 Å². The minimum absolute atomic E-state index is 0.302. The van der Waals surface area contributed by atoms with Gasteiger partial charge in [0.2, 0.25) is 0 Å². The number of ketones is 1. The Morgan fingerprint density at radius 2 is 1.74 bits per heavy atom. The molecule has 0 saturated carbocycles. The van der Waals surface area contributed by atoms with Gasteiger partial charge in [0.1, 0.15) is 24.9 Å². The van der Waals surface area contributed by atoms with Gasteiger partial charge in [0.05, 0.1) is 5.56 Å². The van der Waals surface area contributed by atoms with Gasteiger partial charge >= 0.3 is 5.97 Å². The number of rotatable bonds is 6. The lowest BCUT2D eigenvalue weighted by Gasteiger charge is -2.20. The number of ether oxygens (including phenoxy) is 1. The molecular formula is C13H16O6. The molecule has 0 amide bonds. The number of carbonyl (C=O) groups is 2. The second-order valence-electron chi connectivity index (χ2n) is 4.08. The fraction of sp³-hybridized carbons (Fsp3) is 0.385. The van der Waals surface area contributed by atoms with Crippen molar-refractivity contribution in [3.63, 3.8) is 0 Å². The molecule has 104 valence electrons. The van der Waals surface area contributed by atoms with Crippen LogP contribution < -0.4 is 0 Å². The molecule has 0 heterocycles. The van der Waals surface area contributed by atoms with Crippen LogP contribution in [0, 0.1) is 0 Å². The van der Waals surface area contributed by atoms with Crippen LogP contribution in [0.3, 0.4) is 0 Å². The number of esters is 1. The minimum atomic E-state index is -1.70. The van der Waals surface area contributed by atoms with E-state index in [2.05, 4.69) is 0 Å². The molecule has 0 fully saturated rings. The lowest BCUT2D eigenvalue weighted by Crippen LogP contribution is -2.43. The number of hydrogen-bond donors (Lipinski definition) is 3. The predicted octanol–water partition coefficient (Wildman–Crippen LogP) is -0.485. The maximum absolute atomic E-state index is 11.5. The number of benzene rings is 1. The summed E-state index contributed by atoms with van der Waals surface area (Å²) in [5, 5.41) is 28.2. The molecular weight excluding hydrogens is 252 g/mol. The van der Waals surface area contributed by atoms with E-state index in [-0.39, 0.29) is 0 Å². The van der Waals surface area contributed by atoms with Crippen LogP contribution in [0.5, 0.6) is 0 Å². The average Bonchev–Trinajstić information content (AvgIpc) is 2.43. The van der Waals surface area contributed by atoms with Crippen LogP contribution in [0.1, 0.15) is 17.3 Å². The highest BCUT2D eigenvalue weighted by Gasteiger charge is 2.28. The standard InChI is InChI=1S/C13H16O6/c1-8(14)11(16)12(17)10(15)7-19-13(18)9-5-3-2-4-6-9/h2-6,10-12,15-17H,7H2,1H3. The molecule has 0 aromatic heterocycles. The molecule has 19 heavy (non-hydrogen) atoms. The summed E-state index contributed by atoms with van der Waals surface area (Å²) in [7, 11) is 0. The van der Waals surface area contributed by atoms with E-state index in [1.807, 2.05) is 0 Å². The van der Waals surface area contributed by atoms with Crippen molar-refractivity contribution in [1.82, 2.24) is 0 Å². The van der Waals surface area contributed by atoms with E-state index in [1.54, 1.807) is 18.2 Å². The molecule has 0 radical (unpaired) electrons. The molecule has 1 aromatic carbocycles. The van der Waals surface area contributed by atoms with Crippen LogP contribution in [-0.4, -0.2) is 52.0 Å². The van der Waals surface area contributed by atoms with E-state index in [0.29, 0.717) is 5.56 Å². The average molecular weight is 268 g/mol. The Morgan fingerprint density at radius 1 is 1.16 bits per heavy atom. The van der Waals surface area contributed by atoms with Gasteiger partial charge in [-0.05, 0) is 19.1 Å². The van der Waals surface area contributed by atoms with Crippen molar-refractivity contribution >= 4 is 11.8 Å². The summed E-state index contributed by atoms with van der Waals surface area (Å²) in [6.07, 6.45) is -4.93. The first-order valence-corrected chi connectivity index (χ1v) is 5.70. The van der Waals surface area contributed by atoms with Crippen molar-refractivity contribution in [2.75, 3.05) is 6.61 Å². The van der Waals surface area contributed by atoms with E-state index >= 15 is 0 Å². The van der Waals surface area contributed by atoms with Crippen molar-refractivity contribution in [1.29, 1.82) is 0 Å². The fourth-order valence-electron chi connectivity index (χ4n) is 1.37. The Hall–Kier alpha value is -1.76. The normalized spacial score (nSPS) is 15.4. The van der Waals surface area contributed by atoms with Gasteiger partial charge in [0, 0.05) is 0 Å². The quantitative estimate of drug-likeness (QED) is 0.602. The van der Waals surface area contributed by atoms with Gasteiger partial charge in [-0.25, -0.2) is 4.79 Å². The van der Waals surface area contributed by atoms with Gasteiger partial charge in [0.25, 0.3) is 0 Å². The van der Waals surface area contributed by atoms with Gasteiger partial charge in [-0.3, -0.25) is 4.79 Å². The minimum Gasteiger partial charge on any atom is -0.459 e. The monoisotopic (exact) mass is 268 g/mol.